The Hall–Kier alpha value is -0.843. The second kappa shape index (κ2) is 3.38. The van der Waals surface area contributed by atoms with E-state index in [1.54, 1.807) is 0 Å². The van der Waals surface area contributed by atoms with Crippen LogP contribution >= 0.6 is 0 Å². The summed E-state index contributed by atoms with van der Waals surface area (Å²) >= 11 is 0. The van der Waals surface area contributed by atoms with E-state index in [-0.39, 0.29) is 5.32 Å². The number of alkyl halides is 3. The molecule has 1 heterocycles. The van der Waals surface area contributed by atoms with Crippen LogP contribution in [0.1, 0.15) is 5.56 Å². The van der Waals surface area contributed by atoms with Crippen LogP contribution in [0.15, 0.2) is 18.3 Å². The van der Waals surface area contributed by atoms with Crippen LogP contribution in [0, 0.1) is 0 Å². The third-order valence-electron chi connectivity index (χ3n) is 1.82. The average Bonchev–Trinajstić information content (AvgIpc) is 2.01. The summed E-state index contributed by atoms with van der Waals surface area (Å²) in [5, 5.41) is 0.229. The maximum atomic E-state index is 12.6. The van der Waals surface area contributed by atoms with Gasteiger partial charge in [-0.3, -0.25) is 4.98 Å². The largest absolute Gasteiger partial charge is 0.417 e. The average molecular weight is 219 g/mol. The third-order valence-corrected chi connectivity index (χ3v) is 3.64. The van der Waals surface area contributed by atoms with Crippen LogP contribution in [0.25, 0.3) is 0 Å². The topological polar surface area (TPSA) is 12.9 Å². The minimum Gasteiger partial charge on any atom is -0.265 e. The summed E-state index contributed by atoms with van der Waals surface area (Å²) in [6, 6.07) is 2.42. The Kier molecular flexibility index (Phi) is 2.71. The van der Waals surface area contributed by atoms with E-state index >= 15 is 0 Å². The molecule has 0 N–H and O–H groups in total. The van der Waals surface area contributed by atoms with E-state index in [0.717, 1.165) is 6.07 Å². The van der Waals surface area contributed by atoms with Crippen molar-refractivity contribution < 1.29 is 13.2 Å². The Balaban J connectivity index is 3.31. The van der Waals surface area contributed by atoms with Gasteiger partial charge in [0.25, 0.3) is 0 Å². The minimum atomic E-state index is -4.29. The monoisotopic (exact) mass is 219 g/mol. The first-order valence-electron chi connectivity index (χ1n) is 4.25. The molecule has 1 aromatic heterocycles. The Labute approximate surface area is 82.0 Å². The van der Waals surface area contributed by atoms with Gasteiger partial charge in [-0.05, 0) is 12.1 Å². The van der Waals surface area contributed by atoms with Crippen molar-refractivity contribution in [3.63, 3.8) is 0 Å². The second-order valence-electron chi connectivity index (χ2n) is 4.15. The molecule has 78 valence electrons. The van der Waals surface area contributed by atoms with Gasteiger partial charge in [0.05, 0.1) is 5.56 Å². The molecule has 0 atom stereocenters. The number of hydrogen-bond donors (Lipinski definition) is 0. The first-order valence-corrected chi connectivity index (χ1v) is 7.75. The van der Waals surface area contributed by atoms with Crippen molar-refractivity contribution >= 4 is 13.4 Å². The van der Waals surface area contributed by atoms with Gasteiger partial charge in [-0.2, -0.15) is 13.2 Å². The maximum absolute atomic E-state index is 12.6. The van der Waals surface area contributed by atoms with Crippen molar-refractivity contribution in [2.24, 2.45) is 0 Å². The molecule has 1 rings (SSSR count). The van der Waals surface area contributed by atoms with Gasteiger partial charge in [-0.25, -0.2) is 0 Å². The summed E-state index contributed by atoms with van der Waals surface area (Å²) in [6.07, 6.45) is -2.87. The third kappa shape index (κ3) is 2.34. The van der Waals surface area contributed by atoms with Crippen LogP contribution in [0.4, 0.5) is 13.2 Å². The lowest BCUT2D eigenvalue weighted by Crippen LogP contribution is -2.44. The standard InChI is InChI=1S/C9H12F3NSi/c1-14(2,3)8-7(9(10,11)12)5-4-6-13-8/h4-6H,1-3H3. The van der Waals surface area contributed by atoms with Gasteiger partial charge in [0.15, 0.2) is 0 Å². The van der Waals surface area contributed by atoms with E-state index in [1.807, 2.05) is 19.6 Å². The van der Waals surface area contributed by atoms with Crippen molar-refractivity contribution in [3.05, 3.63) is 23.9 Å². The Bertz CT molecular complexity index is 295. The molecule has 0 fully saturated rings. The number of halogens is 3. The second-order valence-corrected chi connectivity index (χ2v) is 9.12. The number of aromatic nitrogens is 1. The van der Waals surface area contributed by atoms with E-state index in [4.69, 9.17) is 0 Å². The molecule has 0 aliphatic rings. The van der Waals surface area contributed by atoms with Crippen LogP contribution in [0.2, 0.25) is 19.6 Å². The fourth-order valence-electron chi connectivity index (χ4n) is 1.23. The SMILES string of the molecule is C[Si](C)(C)c1ncccc1C(F)(F)F. The molecule has 0 aliphatic carbocycles. The molecule has 1 nitrogen and oxygen atoms in total. The van der Waals surface area contributed by atoms with Crippen molar-refractivity contribution in [2.45, 2.75) is 25.8 Å². The lowest BCUT2D eigenvalue weighted by Gasteiger charge is -2.20. The lowest BCUT2D eigenvalue weighted by atomic mass is 10.3. The summed E-state index contributed by atoms with van der Waals surface area (Å²) in [5.41, 5.74) is -0.584. The zero-order chi connectivity index (χ0) is 11.0. The van der Waals surface area contributed by atoms with Crippen LogP contribution in [-0.4, -0.2) is 13.1 Å². The molecule has 0 radical (unpaired) electrons. The van der Waals surface area contributed by atoms with Crippen molar-refractivity contribution in [3.8, 4) is 0 Å². The summed E-state index contributed by atoms with van der Waals surface area (Å²) in [7, 11) is -2.02. The normalized spacial score (nSPS) is 13.0. The summed E-state index contributed by atoms with van der Waals surface area (Å²) in [6.45, 7) is 5.56. The molecule has 0 spiro atoms. The molecule has 0 amide bonds. The van der Waals surface area contributed by atoms with Crippen LogP contribution in [0.3, 0.4) is 0 Å². The fraction of sp³-hybridized carbons (Fsp3) is 0.444. The van der Waals surface area contributed by atoms with Crippen LogP contribution in [-0.2, 0) is 6.18 Å². The Morgan fingerprint density at radius 2 is 1.79 bits per heavy atom. The highest BCUT2D eigenvalue weighted by molar-refractivity contribution is 6.88. The summed E-state index contributed by atoms with van der Waals surface area (Å²) in [4.78, 5) is 3.86. The molecule has 0 aliphatic heterocycles. The predicted octanol–water partition coefficient (Wildman–Crippen LogP) is 2.65. The lowest BCUT2D eigenvalue weighted by molar-refractivity contribution is -0.136. The molecule has 0 bridgehead atoms. The number of rotatable bonds is 1. The first-order chi connectivity index (χ1) is 6.23. The zero-order valence-corrected chi connectivity index (χ0v) is 9.31. The van der Waals surface area contributed by atoms with E-state index in [1.165, 1.54) is 12.3 Å². The van der Waals surface area contributed by atoms with E-state index in [0.29, 0.717) is 0 Å². The van der Waals surface area contributed by atoms with Gasteiger partial charge in [0, 0.05) is 11.5 Å². The molecular weight excluding hydrogens is 207 g/mol. The van der Waals surface area contributed by atoms with Crippen LogP contribution < -0.4 is 5.32 Å². The molecule has 0 saturated heterocycles. The first kappa shape index (κ1) is 11.2. The minimum absolute atomic E-state index is 0.229. The van der Waals surface area contributed by atoms with Gasteiger partial charge in [0.1, 0.15) is 8.07 Å². The highest BCUT2D eigenvalue weighted by Crippen LogP contribution is 2.28. The predicted molar refractivity (Wildman–Crippen MR) is 52.2 cm³/mol. The zero-order valence-electron chi connectivity index (χ0n) is 8.31. The van der Waals surface area contributed by atoms with Gasteiger partial charge in [0.2, 0.25) is 0 Å². The Morgan fingerprint density at radius 1 is 1.21 bits per heavy atom. The van der Waals surface area contributed by atoms with Gasteiger partial charge < -0.3 is 0 Å². The van der Waals surface area contributed by atoms with Gasteiger partial charge in [-0.1, -0.05) is 19.6 Å². The number of pyridine rings is 1. The van der Waals surface area contributed by atoms with E-state index in [9.17, 15) is 13.2 Å². The molecule has 0 aromatic carbocycles. The highest BCUT2D eigenvalue weighted by atomic mass is 28.3. The summed E-state index contributed by atoms with van der Waals surface area (Å²) < 4.78 is 37.7. The fourth-order valence-corrected chi connectivity index (χ4v) is 2.73. The van der Waals surface area contributed by atoms with Crippen LogP contribution in [0.5, 0.6) is 0 Å². The Morgan fingerprint density at radius 3 is 2.14 bits per heavy atom. The quantitative estimate of drug-likeness (QED) is 0.662. The molecule has 14 heavy (non-hydrogen) atoms. The van der Waals surface area contributed by atoms with E-state index < -0.39 is 19.8 Å². The van der Waals surface area contributed by atoms with Gasteiger partial charge >= 0.3 is 6.18 Å². The molecule has 0 saturated carbocycles. The highest BCUT2D eigenvalue weighted by Gasteiger charge is 2.37. The molecule has 5 heteroatoms. The smallest absolute Gasteiger partial charge is 0.265 e. The summed E-state index contributed by atoms with van der Waals surface area (Å²) in [5.74, 6) is 0. The van der Waals surface area contributed by atoms with Crippen molar-refractivity contribution in [1.29, 1.82) is 0 Å². The van der Waals surface area contributed by atoms with E-state index in [2.05, 4.69) is 4.98 Å². The van der Waals surface area contributed by atoms with Crippen molar-refractivity contribution in [1.82, 2.24) is 4.98 Å². The van der Waals surface area contributed by atoms with Gasteiger partial charge in [-0.15, -0.1) is 0 Å². The maximum Gasteiger partial charge on any atom is 0.417 e. The number of nitrogens with zero attached hydrogens (tertiary/aromatic N) is 1. The molecule has 0 unspecified atom stereocenters. The van der Waals surface area contributed by atoms with Crippen molar-refractivity contribution in [2.75, 3.05) is 0 Å². The number of hydrogen-bond acceptors (Lipinski definition) is 1. The molecule has 1 aromatic rings. The molecular formula is C9H12F3NSi.